The second-order valence-corrected chi connectivity index (χ2v) is 5.92. The molecule has 1 aliphatic rings. The number of nitrogen functional groups attached to an aromatic ring is 1. The van der Waals surface area contributed by atoms with Gasteiger partial charge >= 0.3 is 0 Å². The maximum absolute atomic E-state index is 12.7. The van der Waals surface area contributed by atoms with E-state index in [0.29, 0.717) is 31.1 Å². The number of ether oxygens (including phenoxy) is 2. The Morgan fingerprint density at radius 3 is 2.76 bits per heavy atom. The van der Waals surface area contributed by atoms with E-state index < -0.39 is 0 Å². The van der Waals surface area contributed by atoms with E-state index in [1.807, 2.05) is 24.3 Å². The molecule has 2 aromatic rings. The molecule has 1 heterocycles. The number of rotatable bonds is 5. The van der Waals surface area contributed by atoms with Gasteiger partial charge in [-0.3, -0.25) is 4.79 Å². The highest BCUT2D eigenvalue weighted by Crippen LogP contribution is 2.27. The Hall–Kier alpha value is -2.57. The number of carbonyl (C=O) groups is 1. The van der Waals surface area contributed by atoms with E-state index in [1.165, 1.54) is 0 Å². The van der Waals surface area contributed by atoms with Crippen LogP contribution in [0.25, 0.3) is 0 Å². The van der Waals surface area contributed by atoms with Gasteiger partial charge < -0.3 is 25.4 Å². The summed E-state index contributed by atoms with van der Waals surface area (Å²) in [6.45, 7) is 3.39. The van der Waals surface area contributed by atoms with Gasteiger partial charge in [-0.2, -0.15) is 0 Å². The van der Waals surface area contributed by atoms with Crippen molar-refractivity contribution < 1.29 is 14.3 Å². The SMILES string of the molecule is COCc1cc(C(=O)Nc2ccccc2N2CCOCC2)ccc1N. The summed E-state index contributed by atoms with van der Waals surface area (Å²) in [6.07, 6.45) is 0. The number of nitrogens with zero attached hydrogens (tertiary/aromatic N) is 1. The minimum Gasteiger partial charge on any atom is -0.398 e. The van der Waals surface area contributed by atoms with Gasteiger partial charge in [-0.05, 0) is 30.3 Å². The summed E-state index contributed by atoms with van der Waals surface area (Å²) in [5.41, 5.74) is 9.69. The number of benzene rings is 2. The van der Waals surface area contributed by atoms with E-state index in [0.717, 1.165) is 30.0 Å². The molecule has 0 bridgehead atoms. The molecule has 6 nitrogen and oxygen atoms in total. The lowest BCUT2D eigenvalue weighted by Crippen LogP contribution is -2.36. The third-order valence-corrected chi connectivity index (χ3v) is 4.21. The molecule has 1 aliphatic heterocycles. The number of methoxy groups -OCH3 is 1. The van der Waals surface area contributed by atoms with Crippen LogP contribution in [0.5, 0.6) is 0 Å². The first kappa shape index (κ1) is 17.3. The van der Waals surface area contributed by atoms with Gasteiger partial charge in [0.1, 0.15) is 0 Å². The zero-order chi connectivity index (χ0) is 17.6. The Morgan fingerprint density at radius 1 is 1.24 bits per heavy atom. The lowest BCUT2D eigenvalue weighted by Gasteiger charge is -2.30. The molecule has 0 spiro atoms. The smallest absolute Gasteiger partial charge is 0.255 e. The molecule has 0 aliphatic carbocycles. The fraction of sp³-hybridized carbons (Fsp3) is 0.316. The van der Waals surface area contributed by atoms with Crippen molar-refractivity contribution >= 4 is 23.0 Å². The maximum Gasteiger partial charge on any atom is 0.255 e. The summed E-state index contributed by atoms with van der Waals surface area (Å²) in [5, 5.41) is 3.01. The summed E-state index contributed by atoms with van der Waals surface area (Å²) >= 11 is 0. The van der Waals surface area contributed by atoms with Crippen molar-refractivity contribution in [3.8, 4) is 0 Å². The fourth-order valence-corrected chi connectivity index (χ4v) is 2.88. The van der Waals surface area contributed by atoms with Crippen molar-refractivity contribution in [2.75, 3.05) is 49.4 Å². The van der Waals surface area contributed by atoms with Crippen molar-refractivity contribution in [2.24, 2.45) is 0 Å². The molecule has 0 radical (unpaired) electrons. The van der Waals surface area contributed by atoms with Gasteiger partial charge in [0.2, 0.25) is 0 Å². The molecule has 0 saturated carbocycles. The average molecular weight is 341 g/mol. The van der Waals surface area contributed by atoms with E-state index in [4.69, 9.17) is 15.2 Å². The lowest BCUT2D eigenvalue weighted by molar-refractivity contribution is 0.102. The van der Waals surface area contributed by atoms with Gasteiger partial charge in [0.15, 0.2) is 0 Å². The zero-order valence-electron chi connectivity index (χ0n) is 14.3. The fourth-order valence-electron chi connectivity index (χ4n) is 2.88. The van der Waals surface area contributed by atoms with Crippen molar-refractivity contribution in [3.05, 3.63) is 53.6 Å². The van der Waals surface area contributed by atoms with Gasteiger partial charge in [0.05, 0.1) is 31.2 Å². The van der Waals surface area contributed by atoms with Crippen molar-refractivity contribution in [2.45, 2.75) is 6.61 Å². The van der Waals surface area contributed by atoms with E-state index in [9.17, 15) is 4.79 Å². The van der Waals surface area contributed by atoms with Gasteiger partial charge in [-0.1, -0.05) is 12.1 Å². The molecule has 0 atom stereocenters. The Morgan fingerprint density at radius 2 is 2.00 bits per heavy atom. The summed E-state index contributed by atoms with van der Waals surface area (Å²) in [7, 11) is 1.60. The highest BCUT2D eigenvalue weighted by atomic mass is 16.5. The van der Waals surface area contributed by atoms with E-state index in [-0.39, 0.29) is 5.91 Å². The van der Waals surface area contributed by atoms with Gasteiger partial charge in [-0.15, -0.1) is 0 Å². The molecule has 0 aromatic heterocycles. The molecule has 1 fully saturated rings. The number of amides is 1. The van der Waals surface area contributed by atoms with Gasteiger partial charge in [0.25, 0.3) is 5.91 Å². The molecule has 3 rings (SSSR count). The van der Waals surface area contributed by atoms with E-state index in [1.54, 1.807) is 25.3 Å². The molecular formula is C19H23N3O3. The number of hydrogen-bond acceptors (Lipinski definition) is 5. The summed E-state index contributed by atoms with van der Waals surface area (Å²) in [6, 6.07) is 13.0. The normalized spacial score (nSPS) is 14.4. The number of para-hydroxylation sites is 2. The summed E-state index contributed by atoms with van der Waals surface area (Å²) in [4.78, 5) is 14.9. The van der Waals surface area contributed by atoms with E-state index in [2.05, 4.69) is 10.2 Å². The Bertz CT molecular complexity index is 742. The molecule has 1 amide bonds. The molecule has 132 valence electrons. The maximum atomic E-state index is 12.7. The number of carbonyl (C=O) groups excluding carboxylic acids is 1. The monoisotopic (exact) mass is 341 g/mol. The van der Waals surface area contributed by atoms with Crippen LogP contribution in [0.2, 0.25) is 0 Å². The standard InChI is InChI=1S/C19H23N3O3/c1-24-13-15-12-14(6-7-16(15)20)19(23)21-17-4-2-3-5-18(17)22-8-10-25-11-9-22/h2-7,12H,8-11,13,20H2,1H3,(H,21,23). The molecule has 25 heavy (non-hydrogen) atoms. The molecule has 1 saturated heterocycles. The van der Waals surface area contributed by atoms with Gasteiger partial charge in [-0.25, -0.2) is 0 Å². The minimum absolute atomic E-state index is 0.168. The number of nitrogens with two attached hydrogens (primary N) is 1. The summed E-state index contributed by atoms with van der Waals surface area (Å²) < 4.78 is 10.5. The first-order chi connectivity index (χ1) is 12.2. The van der Waals surface area contributed by atoms with Crippen LogP contribution < -0.4 is 16.0 Å². The average Bonchev–Trinajstić information content (AvgIpc) is 2.65. The second-order valence-electron chi connectivity index (χ2n) is 5.92. The number of nitrogens with one attached hydrogen (secondary N) is 1. The van der Waals surface area contributed by atoms with E-state index >= 15 is 0 Å². The number of hydrogen-bond donors (Lipinski definition) is 2. The Kier molecular flexibility index (Phi) is 5.53. The van der Waals surface area contributed by atoms with Crippen LogP contribution in [0.4, 0.5) is 17.1 Å². The molecule has 6 heteroatoms. The van der Waals surface area contributed by atoms with Crippen LogP contribution in [0.3, 0.4) is 0 Å². The minimum atomic E-state index is -0.168. The lowest BCUT2D eigenvalue weighted by atomic mass is 10.1. The first-order valence-electron chi connectivity index (χ1n) is 8.29. The third kappa shape index (κ3) is 4.10. The number of anilines is 3. The Balaban J connectivity index is 1.80. The predicted molar refractivity (Wildman–Crippen MR) is 99.0 cm³/mol. The van der Waals surface area contributed by atoms with Crippen molar-refractivity contribution in [1.29, 1.82) is 0 Å². The molecule has 2 aromatic carbocycles. The predicted octanol–water partition coefficient (Wildman–Crippen LogP) is 2.50. The van der Waals surface area contributed by atoms with Crippen LogP contribution in [0.1, 0.15) is 15.9 Å². The van der Waals surface area contributed by atoms with Crippen LogP contribution in [-0.2, 0) is 16.1 Å². The molecule has 0 unspecified atom stereocenters. The third-order valence-electron chi connectivity index (χ3n) is 4.21. The zero-order valence-corrected chi connectivity index (χ0v) is 14.3. The highest BCUT2D eigenvalue weighted by molar-refractivity contribution is 6.06. The molecule has 3 N–H and O–H groups in total. The van der Waals surface area contributed by atoms with Crippen molar-refractivity contribution in [1.82, 2.24) is 0 Å². The van der Waals surface area contributed by atoms with Crippen molar-refractivity contribution in [3.63, 3.8) is 0 Å². The van der Waals surface area contributed by atoms with Crippen LogP contribution in [-0.4, -0.2) is 39.3 Å². The second kappa shape index (κ2) is 8.00. The first-order valence-corrected chi connectivity index (χ1v) is 8.29. The van der Waals surface area contributed by atoms with Gasteiger partial charge in [0, 0.05) is 37.0 Å². The molecular weight excluding hydrogens is 318 g/mol. The van der Waals surface area contributed by atoms with Crippen LogP contribution >= 0.6 is 0 Å². The van der Waals surface area contributed by atoms with Crippen LogP contribution in [0.15, 0.2) is 42.5 Å². The number of morpholine rings is 1. The Labute approximate surface area is 147 Å². The largest absolute Gasteiger partial charge is 0.398 e. The highest BCUT2D eigenvalue weighted by Gasteiger charge is 2.16. The summed E-state index contributed by atoms with van der Waals surface area (Å²) in [5.74, 6) is -0.168. The topological polar surface area (TPSA) is 76.8 Å². The van der Waals surface area contributed by atoms with Crippen LogP contribution in [0, 0.1) is 0 Å². The quantitative estimate of drug-likeness (QED) is 0.817.